The van der Waals surface area contributed by atoms with Crippen molar-refractivity contribution in [1.82, 2.24) is 5.32 Å². The number of hydrogen-bond acceptors (Lipinski definition) is 3. The third-order valence-electron chi connectivity index (χ3n) is 1.82. The lowest BCUT2D eigenvalue weighted by atomic mass is 10.4. The zero-order valence-electron chi connectivity index (χ0n) is 6.02. The molecule has 2 nitrogen and oxygen atoms in total. The van der Waals surface area contributed by atoms with Crippen LogP contribution >= 0.6 is 11.8 Å². The first-order valence-electron chi connectivity index (χ1n) is 3.56. The second-order valence-corrected chi connectivity index (χ2v) is 4.01. The molecule has 1 unspecified atom stereocenters. The van der Waals surface area contributed by atoms with Gasteiger partial charge in [0.05, 0.1) is 5.76 Å². The van der Waals surface area contributed by atoms with Gasteiger partial charge in [-0.2, -0.15) is 0 Å². The molecule has 1 saturated heterocycles. The number of ether oxygens (including phenoxy) is 1. The van der Waals surface area contributed by atoms with E-state index in [9.17, 15) is 0 Å². The van der Waals surface area contributed by atoms with Crippen molar-refractivity contribution in [3.8, 4) is 0 Å². The maximum atomic E-state index is 5.62. The third-order valence-corrected chi connectivity index (χ3v) is 3.08. The highest BCUT2D eigenvalue weighted by Crippen LogP contribution is 2.38. The first-order valence-corrected chi connectivity index (χ1v) is 4.54. The van der Waals surface area contributed by atoms with E-state index in [0.717, 1.165) is 18.7 Å². The number of nitrogens with one attached hydrogen (secondary N) is 1. The second-order valence-electron chi connectivity index (χ2n) is 2.65. The molecule has 1 atom stereocenters. The van der Waals surface area contributed by atoms with Gasteiger partial charge in [-0.25, -0.2) is 0 Å². The fourth-order valence-corrected chi connectivity index (χ4v) is 2.46. The summed E-state index contributed by atoms with van der Waals surface area (Å²) >= 11 is 1.87. The van der Waals surface area contributed by atoms with Gasteiger partial charge >= 0.3 is 0 Å². The van der Waals surface area contributed by atoms with E-state index in [-0.39, 0.29) is 5.06 Å². The van der Waals surface area contributed by atoms with Crippen LogP contribution in [-0.4, -0.2) is 17.4 Å². The normalized spacial score (nSPS) is 38.3. The SMILES string of the molecule is CC1=CCC2(NCCS2)O1. The molecule has 3 heteroatoms. The van der Waals surface area contributed by atoms with Crippen LogP contribution in [0, 0.1) is 0 Å². The quantitative estimate of drug-likeness (QED) is 0.572. The molecule has 0 aromatic heterocycles. The largest absolute Gasteiger partial charge is 0.468 e. The lowest BCUT2D eigenvalue weighted by Gasteiger charge is -2.22. The summed E-state index contributed by atoms with van der Waals surface area (Å²) in [6.45, 7) is 3.08. The van der Waals surface area contributed by atoms with Crippen LogP contribution in [0.1, 0.15) is 13.3 Å². The van der Waals surface area contributed by atoms with Crippen molar-refractivity contribution in [3.63, 3.8) is 0 Å². The zero-order chi connectivity index (χ0) is 7.03. The molecule has 1 spiro atoms. The molecule has 0 saturated carbocycles. The van der Waals surface area contributed by atoms with Crippen LogP contribution in [-0.2, 0) is 4.74 Å². The second kappa shape index (κ2) is 2.17. The van der Waals surface area contributed by atoms with Crippen LogP contribution < -0.4 is 5.32 Å². The van der Waals surface area contributed by atoms with E-state index < -0.39 is 0 Å². The molecule has 0 aromatic carbocycles. The molecule has 0 aromatic rings. The Morgan fingerprint density at radius 2 is 2.70 bits per heavy atom. The molecule has 0 amide bonds. The highest BCUT2D eigenvalue weighted by atomic mass is 32.2. The van der Waals surface area contributed by atoms with Crippen molar-refractivity contribution in [2.45, 2.75) is 18.4 Å². The van der Waals surface area contributed by atoms with Gasteiger partial charge in [0, 0.05) is 18.7 Å². The molecule has 56 valence electrons. The summed E-state index contributed by atoms with van der Waals surface area (Å²) in [5.41, 5.74) is 0. The van der Waals surface area contributed by atoms with Crippen molar-refractivity contribution < 1.29 is 4.74 Å². The van der Waals surface area contributed by atoms with Gasteiger partial charge in [-0.05, 0) is 13.0 Å². The van der Waals surface area contributed by atoms with Crippen LogP contribution in [0.2, 0.25) is 0 Å². The van der Waals surface area contributed by atoms with E-state index >= 15 is 0 Å². The molecule has 2 aliphatic heterocycles. The predicted molar refractivity (Wildman–Crippen MR) is 42.7 cm³/mol. The Morgan fingerprint density at radius 1 is 1.80 bits per heavy atom. The Kier molecular flexibility index (Phi) is 1.42. The van der Waals surface area contributed by atoms with Crippen molar-refractivity contribution in [2.24, 2.45) is 0 Å². The minimum absolute atomic E-state index is 0.0654. The van der Waals surface area contributed by atoms with Crippen LogP contribution in [0.25, 0.3) is 0 Å². The first-order chi connectivity index (χ1) is 4.81. The molecule has 1 fully saturated rings. The van der Waals surface area contributed by atoms with Gasteiger partial charge in [-0.1, -0.05) is 11.8 Å². The average Bonchev–Trinajstić information content (AvgIpc) is 2.46. The van der Waals surface area contributed by atoms with E-state index in [2.05, 4.69) is 11.4 Å². The van der Waals surface area contributed by atoms with E-state index in [4.69, 9.17) is 4.74 Å². The molecule has 1 N–H and O–H groups in total. The topological polar surface area (TPSA) is 21.3 Å². The van der Waals surface area contributed by atoms with E-state index in [0.29, 0.717) is 0 Å². The predicted octanol–water partition coefficient (Wildman–Crippen LogP) is 1.30. The fourth-order valence-electron chi connectivity index (χ4n) is 1.33. The summed E-state index contributed by atoms with van der Waals surface area (Å²) in [6, 6.07) is 0. The van der Waals surface area contributed by atoms with Crippen molar-refractivity contribution >= 4 is 11.8 Å². The van der Waals surface area contributed by atoms with E-state index in [1.54, 1.807) is 0 Å². The molecule has 2 aliphatic rings. The smallest absolute Gasteiger partial charge is 0.212 e. The van der Waals surface area contributed by atoms with E-state index in [1.807, 2.05) is 18.7 Å². The maximum Gasteiger partial charge on any atom is 0.212 e. The number of rotatable bonds is 0. The molecule has 10 heavy (non-hydrogen) atoms. The van der Waals surface area contributed by atoms with Gasteiger partial charge in [0.1, 0.15) is 0 Å². The minimum Gasteiger partial charge on any atom is -0.468 e. The van der Waals surface area contributed by atoms with Gasteiger partial charge in [0.25, 0.3) is 0 Å². The number of allylic oxidation sites excluding steroid dienone is 1. The Balaban J connectivity index is 2.07. The van der Waals surface area contributed by atoms with Crippen LogP contribution in [0.5, 0.6) is 0 Å². The molecule has 2 heterocycles. The Labute approximate surface area is 65.0 Å². The molecule has 0 aliphatic carbocycles. The average molecular weight is 157 g/mol. The van der Waals surface area contributed by atoms with Crippen LogP contribution in [0.15, 0.2) is 11.8 Å². The standard InChI is InChI=1S/C7H11NOS/c1-6-2-3-7(9-6)8-4-5-10-7/h2,8H,3-5H2,1H3. The Bertz CT molecular complexity index is 172. The lowest BCUT2D eigenvalue weighted by Crippen LogP contribution is -2.36. The monoisotopic (exact) mass is 157 g/mol. The summed E-state index contributed by atoms with van der Waals surface area (Å²) in [5.74, 6) is 2.23. The number of hydrogen-bond donors (Lipinski definition) is 1. The van der Waals surface area contributed by atoms with Gasteiger partial charge in [0.2, 0.25) is 5.06 Å². The number of thioether (sulfide) groups is 1. The Hall–Kier alpha value is -0.150. The lowest BCUT2D eigenvalue weighted by molar-refractivity contribution is 0.0895. The first kappa shape index (κ1) is 6.55. The fraction of sp³-hybridized carbons (Fsp3) is 0.714. The highest BCUT2D eigenvalue weighted by Gasteiger charge is 2.38. The summed E-state index contributed by atoms with van der Waals surface area (Å²) in [4.78, 5) is 0. The molecule has 0 radical (unpaired) electrons. The van der Waals surface area contributed by atoms with Gasteiger partial charge in [-0.15, -0.1) is 0 Å². The zero-order valence-corrected chi connectivity index (χ0v) is 6.83. The summed E-state index contributed by atoms with van der Waals surface area (Å²) in [6.07, 6.45) is 3.16. The minimum atomic E-state index is -0.0654. The van der Waals surface area contributed by atoms with Gasteiger partial charge < -0.3 is 4.74 Å². The summed E-state index contributed by atoms with van der Waals surface area (Å²) < 4.78 is 5.62. The van der Waals surface area contributed by atoms with Crippen molar-refractivity contribution in [1.29, 1.82) is 0 Å². The highest BCUT2D eigenvalue weighted by molar-refractivity contribution is 8.00. The molecule has 0 bridgehead atoms. The maximum absolute atomic E-state index is 5.62. The van der Waals surface area contributed by atoms with Crippen molar-refractivity contribution in [3.05, 3.63) is 11.8 Å². The van der Waals surface area contributed by atoms with Gasteiger partial charge in [-0.3, -0.25) is 5.32 Å². The summed E-state index contributed by atoms with van der Waals surface area (Å²) in [7, 11) is 0. The van der Waals surface area contributed by atoms with E-state index in [1.165, 1.54) is 5.75 Å². The third kappa shape index (κ3) is 0.935. The molecular formula is C7H11NOS. The van der Waals surface area contributed by atoms with Crippen molar-refractivity contribution in [2.75, 3.05) is 12.3 Å². The summed E-state index contributed by atoms with van der Waals surface area (Å²) in [5, 5.41) is 3.29. The Morgan fingerprint density at radius 3 is 3.20 bits per heavy atom. The molecule has 2 rings (SSSR count). The van der Waals surface area contributed by atoms with Gasteiger partial charge in [0.15, 0.2) is 0 Å². The molecular weight excluding hydrogens is 146 g/mol. The van der Waals surface area contributed by atoms with Crippen LogP contribution in [0.4, 0.5) is 0 Å². The van der Waals surface area contributed by atoms with Crippen LogP contribution in [0.3, 0.4) is 0 Å².